The smallest absolute Gasteiger partial charge is 0.160 e. The van der Waals surface area contributed by atoms with E-state index >= 15 is 0 Å². The van der Waals surface area contributed by atoms with E-state index in [1.54, 1.807) is 0 Å². The highest BCUT2D eigenvalue weighted by Crippen LogP contribution is 2.53. The lowest BCUT2D eigenvalue weighted by molar-refractivity contribution is 0.661. The molecule has 58 heavy (non-hydrogen) atoms. The van der Waals surface area contributed by atoms with Gasteiger partial charge in [0.05, 0.1) is 11.4 Å². The molecule has 0 atom stereocenters. The molecule has 11 aromatic rings. The van der Waals surface area contributed by atoms with Crippen molar-refractivity contribution in [3.63, 3.8) is 0 Å². The van der Waals surface area contributed by atoms with Gasteiger partial charge in [-0.2, -0.15) is 0 Å². The zero-order valence-electron chi connectivity index (χ0n) is 32.1. The van der Waals surface area contributed by atoms with Crippen molar-refractivity contribution in [1.82, 2.24) is 9.97 Å². The fourth-order valence-electron chi connectivity index (χ4n) is 9.45. The summed E-state index contributed by atoms with van der Waals surface area (Å²) in [5.74, 6) is 0.715. The Labute approximate surface area is 335 Å². The standard InChI is InChI=1S/C55H36N2O/c1-55(2)46-18-10-17-43(52(46)44-29-35-14-6-7-15-36(35)31-47(44)55)49-32-48(56-54(57-49)34-12-4-3-5-13-34)41-22-21-37-27-38(19-20-39(37)28-41)40-24-25-50-45(30-40)53-42-16-9-8-11-33(42)23-26-51(53)58-50/h3-32H,1-2H3. The molecule has 0 bridgehead atoms. The molecule has 9 aromatic carbocycles. The van der Waals surface area contributed by atoms with Crippen LogP contribution in [0.1, 0.15) is 25.0 Å². The van der Waals surface area contributed by atoms with Crippen LogP contribution in [0.3, 0.4) is 0 Å². The topological polar surface area (TPSA) is 38.9 Å². The van der Waals surface area contributed by atoms with E-state index < -0.39 is 0 Å². The molecule has 272 valence electrons. The van der Waals surface area contributed by atoms with Gasteiger partial charge in [-0.25, -0.2) is 9.97 Å². The number of rotatable bonds is 4. The second kappa shape index (κ2) is 12.3. The lowest BCUT2D eigenvalue weighted by atomic mass is 9.81. The van der Waals surface area contributed by atoms with Crippen LogP contribution in [0.2, 0.25) is 0 Å². The lowest BCUT2D eigenvalue weighted by Crippen LogP contribution is -2.14. The Morgan fingerprint density at radius 2 is 1.03 bits per heavy atom. The second-order valence-electron chi connectivity index (χ2n) is 16.2. The lowest BCUT2D eigenvalue weighted by Gasteiger charge is -2.22. The number of benzene rings is 9. The molecule has 0 amide bonds. The predicted molar refractivity (Wildman–Crippen MR) is 241 cm³/mol. The molecule has 0 radical (unpaired) electrons. The summed E-state index contributed by atoms with van der Waals surface area (Å²) < 4.78 is 6.30. The van der Waals surface area contributed by atoms with Crippen LogP contribution in [0.4, 0.5) is 0 Å². The first-order valence-corrected chi connectivity index (χ1v) is 20.0. The largest absolute Gasteiger partial charge is 0.456 e. The van der Waals surface area contributed by atoms with Gasteiger partial charge in [0.1, 0.15) is 11.2 Å². The molecule has 3 heteroatoms. The van der Waals surface area contributed by atoms with Gasteiger partial charge in [0, 0.05) is 32.9 Å². The number of fused-ring (bicyclic) bond motifs is 10. The normalized spacial score (nSPS) is 13.1. The number of furan rings is 1. The summed E-state index contributed by atoms with van der Waals surface area (Å²) in [5.41, 5.74) is 14.2. The van der Waals surface area contributed by atoms with Crippen LogP contribution in [0, 0.1) is 0 Å². The van der Waals surface area contributed by atoms with E-state index in [1.165, 1.54) is 60.1 Å². The Balaban J connectivity index is 0.983. The summed E-state index contributed by atoms with van der Waals surface area (Å²) in [6.07, 6.45) is 0. The molecule has 0 fully saturated rings. The van der Waals surface area contributed by atoms with Gasteiger partial charge in [-0.3, -0.25) is 0 Å². The van der Waals surface area contributed by atoms with E-state index in [4.69, 9.17) is 14.4 Å². The van der Waals surface area contributed by atoms with Crippen molar-refractivity contribution < 1.29 is 4.42 Å². The van der Waals surface area contributed by atoms with Crippen LogP contribution in [0.25, 0.3) is 110 Å². The number of aromatic nitrogens is 2. The first-order chi connectivity index (χ1) is 28.5. The summed E-state index contributed by atoms with van der Waals surface area (Å²) in [6, 6.07) is 65.4. The Kier molecular flexibility index (Phi) is 6.98. The van der Waals surface area contributed by atoms with Gasteiger partial charge in [0.15, 0.2) is 5.82 Å². The summed E-state index contributed by atoms with van der Waals surface area (Å²) in [4.78, 5) is 10.5. The Hall–Kier alpha value is -7.36. The number of hydrogen-bond acceptors (Lipinski definition) is 3. The van der Waals surface area contributed by atoms with Crippen molar-refractivity contribution in [2.45, 2.75) is 19.3 Å². The van der Waals surface area contributed by atoms with Crippen molar-refractivity contribution in [2.75, 3.05) is 0 Å². The molecular weight excluding hydrogens is 705 g/mol. The molecule has 1 aliphatic rings. The molecule has 12 rings (SSSR count). The predicted octanol–water partition coefficient (Wildman–Crippen LogP) is 14.8. The molecule has 0 N–H and O–H groups in total. The third kappa shape index (κ3) is 5.00. The van der Waals surface area contributed by atoms with Gasteiger partial charge in [-0.1, -0.05) is 147 Å². The van der Waals surface area contributed by atoms with Gasteiger partial charge >= 0.3 is 0 Å². The van der Waals surface area contributed by atoms with E-state index in [-0.39, 0.29) is 5.41 Å². The second-order valence-corrected chi connectivity index (χ2v) is 16.2. The Bertz CT molecular complexity index is 3480. The fraction of sp³-hybridized carbons (Fsp3) is 0.0545. The first kappa shape index (κ1) is 32.8. The van der Waals surface area contributed by atoms with E-state index in [9.17, 15) is 0 Å². The minimum absolute atomic E-state index is 0.146. The molecule has 3 nitrogen and oxygen atoms in total. The zero-order valence-corrected chi connectivity index (χ0v) is 32.1. The fourth-order valence-corrected chi connectivity index (χ4v) is 9.45. The Morgan fingerprint density at radius 3 is 1.88 bits per heavy atom. The maximum Gasteiger partial charge on any atom is 0.160 e. The van der Waals surface area contributed by atoms with Crippen molar-refractivity contribution in [1.29, 1.82) is 0 Å². The zero-order chi connectivity index (χ0) is 38.5. The SMILES string of the molecule is CC1(C)c2cc3ccccc3cc2-c2c(-c3cc(-c4ccc5cc(-c6ccc7oc8ccc9ccccc9c8c7c6)ccc5c4)nc(-c4ccccc4)n3)cccc21. The van der Waals surface area contributed by atoms with Crippen LogP contribution in [-0.4, -0.2) is 9.97 Å². The average Bonchev–Trinajstić information content (AvgIpc) is 3.76. The van der Waals surface area contributed by atoms with Gasteiger partial charge in [-0.05, 0) is 114 Å². The molecule has 0 spiro atoms. The van der Waals surface area contributed by atoms with Crippen LogP contribution in [-0.2, 0) is 5.41 Å². The van der Waals surface area contributed by atoms with Crippen molar-refractivity contribution in [2.24, 2.45) is 0 Å². The highest BCUT2D eigenvalue weighted by molar-refractivity contribution is 6.19. The van der Waals surface area contributed by atoms with Gasteiger partial charge in [0.25, 0.3) is 0 Å². The minimum atomic E-state index is -0.146. The average molecular weight is 741 g/mol. The van der Waals surface area contributed by atoms with Gasteiger partial charge < -0.3 is 4.42 Å². The summed E-state index contributed by atoms with van der Waals surface area (Å²) in [6.45, 7) is 4.69. The molecule has 0 saturated heterocycles. The van der Waals surface area contributed by atoms with Crippen molar-refractivity contribution >= 4 is 54.3 Å². The summed E-state index contributed by atoms with van der Waals surface area (Å²) in [7, 11) is 0. The van der Waals surface area contributed by atoms with E-state index in [2.05, 4.69) is 190 Å². The maximum absolute atomic E-state index is 6.30. The number of nitrogens with zero attached hydrogens (tertiary/aromatic N) is 2. The molecule has 2 aromatic heterocycles. The monoisotopic (exact) mass is 740 g/mol. The molecular formula is C55H36N2O. The quantitative estimate of drug-likeness (QED) is 0.180. The molecule has 0 unspecified atom stereocenters. The number of hydrogen-bond donors (Lipinski definition) is 0. The van der Waals surface area contributed by atoms with E-state index in [1.807, 2.05) is 6.07 Å². The molecule has 0 aliphatic heterocycles. The van der Waals surface area contributed by atoms with Crippen LogP contribution >= 0.6 is 0 Å². The third-order valence-electron chi connectivity index (χ3n) is 12.4. The van der Waals surface area contributed by atoms with E-state index in [0.29, 0.717) is 5.82 Å². The third-order valence-corrected chi connectivity index (χ3v) is 12.4. The van der Waals surface area contributed by atoms with Crippen LogP contribution in [0.5, 0.6) is 0 Å². The minimum Gasteiger partial charge on any atom is -0.456 e. The van der Waals surface area contributed by atoms with Crippen LogP contribution < -0.4 is 0 Å². The van der Waals surface area contributed by atoms with Crippen molar-refractivity contribution in [3.8, 4) is 56.2 Å². The van der Waals surface area contributed by atoms with Gasteiger partial charge in [-0.15, -0.1) is 0 Å². The maximum atomic E-state index is 6.30. The summed E-state index contributed by atoms with van der Waals surface area (Å²) >= 11 is 0. The summed E-state index contributed by atoms with van der Waals surface area (Å²) in [5, 5.41) is 9.58. The van der Waals surface area contributed by atoms with E-state index in [0.717, 1.165) is 55.6 Å². The van der Waals surface area contributed by atoms with Gasteiger partial charge in [0.2, 0.25) is 0 Å². The Morgan fingerprint density at radius 1 is 0.397 bits per heavy atom. The molecule has 2 heterocycles. The first-order valence-electron chi connectivity index (χ1n) is 20.0. The molecule has 0 saturated carbocycles. The highest BCUT2D eigenvalue weighted by atomic mass is 16.3. The highest BCUT2D eigenvalue weighted by Gasteiger charge is 2.37. The van der Waals surface area contributed by atoms with Crippen LogP contribution in [0.15, 0.2) is 186 Å². The van der Waals surface area contributed by atoms with Crippen molar-refractivity contribution in [3.05, 3.63) is 193 Å². The molecule has 1 aliphatic carbocycles.